The second kappa shape index (κ2) is 7.61. The van der Waals surface area contributed by atoms with Crippen LogP contribution in [0.1, 0.15) is 11.1 Å². The summed E-state index contributed by atoms with van der Waals surface area (Å²) in [6, 6.07) is 15.1. The summed E-state index contributed by atoms with van der Waals surface area (Å²) in [5.41, 5.74) is 2.64. The first-order valence-electron chi connectivity index (χ1n) is 9.95. The molecule has 0 amide bonds. The van der Waals surface area contributed by atoms with Gasteiger partial charge in [0.1, 0.15) is 23.3 Å². The Kier molecular flexibility index (Phi) is 4.77. The van der Waals surface area contributed by atoms with Crippen LogP contribution in [-0.2, 0) is 19.5 Å². The zero-order chi connectivity index (χ0) is 21.5. The van der Waals surface area contributed by atoms with Crippen molar-refractivity contribution in [3.05, 3.63) is 107 Å². The number of aromatic nitrogens is 2. The second-order valence-electron chi connectivity index (χ2n) is 7.60. The van der Waals surface area contributed by atoms with Crippen molar-refractivity contribution in [2.75, 3.05) is 0 Å². The van der Waals surface area contributed by atoms with Gasteiger partial charge in [0, 0.05) is 36.4 Å². The standard InChI is InChI=1S/C25H18F4N2/c26-18-11-16-7-8-17-12-19(27)14-21(29)25(17)23-6-2-4-10-31(23)15-30-9-3-1-5-22(30)24(16)20(28)13-18/h1-6,9-14H,7-8,15H2/q+2. The molecule has 154 valence electrons. The van der Waals surface area contributed by atoms with Gasteiger partial charge >= 0.3 is 6.67 Å². The predicted octanol–water partition coefficient (Wildman–Crippen LogP) is 4.76. The molecule has 31 heavy (non-hydrogen) atoms. The van der Waals surface area contributed by atoms with Gasteiger partial charge in [-0.1, -0.05) is 0 Å². The van der Waals surface area contributed by atoms with Gasteiger partial charge in [-0.3, -0.25) is 0 Å². The molecule has 1 aliphatic heterocycles. The number of hydrogen-bond acceptors (Lipinski definition) is 0. The molecule has 0 spiro atoms. The third-order valence-electron chi connectivity index (χ3n) is 5.64. The Hall–Kier alpha value is -3.54. The fraction of sp³-hybridized carbons (Fsp3) is 0.120. The van der Waals surface area contributed by atoms with E-state index in [1.807, 2.05) is 21.3 Å². The van der Waals surface area contributed by atoms with E-state index in [-0.39, 0.29) is 19.5 Å². The van der Waals surface area contributed by atoms with Crippen LogP contribution in [0.4, 0.5) is 17.6 Å². The maximum atomic E-state index is 15.0. The van der Waals surface area contributed by atoms with E-state index in [2.05, 4.69) is 0 Å². The van der Waals surface area contributed by atoms with Gasteiger partial charge in [0.2, 0.25) is 11.4 Å². The van der Waals surface area contributed by atoms with E-state index in [1.165, 1.54) is 12.1 Å². The van der Waals surface area contributed by atoms with Crippen molar-refractivity contribution in [2.24, 2.45) is 0 Å². The third kappa shape index (κ3) is 3.48. The summed E-state index contributed by atoms with van der Waals surface area (Å²) in [4.78, 5) is 0. The molecule has 0 unspecified atom stereocenters. The summed E-state index contributed by atoms with van der Waals surface area (Å²) in [6.45, 7) is 0.263. The number of hydrogen-bond donors (Lipinski definition) is 0. The lowest BCUT2D eigenvalue weighted by molar-refractivity contribution is -0.903. The largest absolute Gasteiger partial charge is 0.344 e. The van der Waals surface area contributed by atoms with Gasteiger partial charge in [0.15, 0.2) is 12.4 Å². The molecule has 3 heterocycles. The average molecular weight is 422 g/mol. The van der Waals surface area contributed by atoms with E-state index < -0.39 is 23.3 Å². The number of aryl methyl sites for hydroxylation is 2. The van der Waals surface area contributed by atoms with Gasteiger partial charge in [-0.15, -0.1) is 9.13 Å². The SMILES string of the molecule is Fc1cc(F)c2c(c1)CCc1cc(F)cc(F)c1-c1cccc[n+]1C[n+]1ccccc1-2. The van der Waals surface area contributed by atoms with Crippen LogP contribution < -0.4 is 9.13 Å². The number of benzene rings is 2. The van der Waals surface area contributed by atoms with Crippen molar-refractivity contribution in [2.45, 2.75) is 19.5 Å². The zero-order valence-electron chi connectivity index (χ0n) is 16.5. The number of halogens is 4. The van der Waals surface area contributed by atoms with Crippen LogP contribution in [0.2, 0.25) is 0 Å². The smallest absolute Gasteiger partial charge is 0.207 e. The predicted molar refractivity (Wildman–Crippen MR) is 107 cm³/mol. The Morgan fingerprint density at radius 2 is 1.03 bits per heavy atom. The Balaban J connectivity index is 1.84. The van der Waals surface area contributed by atoms with E-state index in [1.54, 1.807) is 36.7 Å². The molecular formula is C25H18F4N2+2. The molecule has 6 heteroatoms. The molecule has 2 nitrogen and oxygen atoms in total. The van der Waals surface area contributed by atoms with Crippen molar-refractivity contribution in [1.29, 1.82) is 0 Å². The van der Waals surface area contributed by atoms with Crippen molar-refractivity contribution in [3.63, 3.8) is 0 Å². The Labute approximate surface area is 176 Å². The molecule has 0 saturated carbocycles. The van der Waals surface area contributed by atoms with Gasteiger partial charge in [-0.05, 0) is 48.2 Å². The van der Waals surface area contributed by atoms with Crippen LogP contribution in [0.25, 0.3) is 22.5 Å². The molecule has 5 rings (SSSR count). The molecule has 0 saturated heterocycles. The molecule has 0 radical (unpaired) electrons. The molecule has 0 fully saturated rings. The van der Waals surface area contributed by atoms with E-state index >= 15 is 0 Å². The minimum Gasteiger partial charge on any atom is -0.207 e. The number of pyridine rings is 2. The minimum atomic E-state index is -0.683. The second-order valence-corrected chi connectivity index (χ2v) is 7.60. The number of fused-ring (bicyclic) bond motifs is 6. The van der Waals surface area contributed by atoms with Gasteiger partial charge in [-0.25, -0.2) is 17.6 Å². The van der Waals surface area contributed by atoms with Crippen LogP contribution in [0.3, 0.4) is 0 Å². The molecule has 0 aliphatic carbocycles. The lowest BCUT2D eigenvalue weighted by atomic mass is 9.93. The molecule has 2 aromatic heterocycles. The molecule has 0 bridgehead atoms. The fourth-order valence-corrected chi connectivity index (χ4v) is 4.31. The lowest BCUT2D eigenvalue weighted by Gasteiger charge is -2.11. The molecular weight excluding hydrogens is 404 g/mol. The highest BCUT2D eigenvalue weighted by atomic mass is 19.1. The lowest BCUT2D eigenvalue weighted by Crippen LogP contribution is -2.53. The zero-order valence-corrected chi connectivity index (χ0v) is 16.5. The minimum absolute atomic E-state index is 0.224. The highest BCUT2D eigenvalue weighted by Gasteiger charge is 2.28. The van der Waals surface area contributed by atoms with E-state index in [0.29, 0.717) is 33.6 Å². The topological polar surface area (TPSA) is 7.76 Å². The van der Waals surface area contributed by atoms with Crippen molar-refractivity contribution in [1.82, 2.24) is 0 Å². The third-order valence-corrected chi connectivity index (χ3v) is 5.64. The van der Waals surface area contributed by atoms with Gasteiger partial charge in [0.05, 0.1) is 11.1 Å². The summed E-state index contributed by atoms with van der Waals surface area (Å²) >= 11 is 0. The van der Waals surface area contributed by atoms with Crippen LogP contribution >= 0.6 is 0 Å². The molecule has 2 aromatic carbocycles. The van der Waals surface area contributed by atoms with E-state index in [0.717, 1.165) is 12.1 Å². The first-order valence-corrected chi connectivity index (χ1v) is 9.95. The Morgan fingerprint density at radius 1 is 0.581 bits per heavy atom. The normalized spacial score (nSPS) is 12.8. The summed E-state index contributed by atoms with van der Waals surface area (Å²) in [5.74, 6) is -2.70. The quantitative estimate of drug-likeness (QED) is 0.285. The number of nitrogens with zero attached hydrogens (tertiary/aromatic N) is 2. The first-order chi connectivity index (χ1) is 15.0. The van der Waals surface area contributed by atoms with E-state index in [4.69, 9.17) is 0 Å². The maximum absolute atomic E-state index is 15.0. The summed E-state index contributed by atoms with van der Waals surface area (Å²) < 4.78 is 61.8. The van der Waals surface area contributed by atoms with Crippen molar-refractivity contribution >= 4 is 0 Å². The van der Waals surface area contributed by atoms with Crippen LogP contribution in [0, 0.1) is 23.3 Å². The van der Waals surface area contributed by atoms with Crippen LogP contribution in [-0.4, -0.2) is 0 Å². The highest BCUT2D eigenvalue weighted by Crippen LogP contribution is 2.31. The maximum Gasteiger partial charge on any atom is 0.344 e. The molecule has 0 N–H and O–H groups in total. The van der Waals surface area contributed by atoms with Gasteiger partial charge in [-0.2, -0.15) is 0 Å². The van der Waals surface area contributed by atoms with Crippen LogP contribution in [0.5, 0.6) is 0 Å². The fourth-order valence-electron chi connectivity index (χ4n) is 4.31. The van der Waals surface area contributed by atoms with Crippen LogP contribution in [0.15, 0.2) is 73.1 Å². The van der Waals surface area contributed by atoms with Crippen molar-refractivity contribution in [3.8, 4) is 22.5 Å². The monoisotopic (exact) mass is 422 g/mol. The summed E-state index contributed by atoms with van der Waals surface area (Å²) in [5, 5.41) is 0. The molecule has 0 atom stereocenters. The molecule has 4 aromatic rings. The highest BCUT2D eigenvalue weighted by molar-refractivity contribution is 5.64. The Morgan fingerprint density at radius 3 is 1.48 bits per heavy atom. The molecule has 1 aliphatic rings. The summed E-state index contributed by atoms with van der Waals surface area (Å²) in [6.07, 6.45) is 4.04. The summed E-state index contributed by atoms with van der Waals surface area (Å²) in [7, 11) is 0. The van der Waals surface area contributed by atoms with Gasteiger partial charge < -0.3 is 0 Å². The van der Waals surface area contributed by atoms with Gasteiger partial charge in [0.25, 0.3) is 0 Å². The van der Waals surface area contributed by atoms with Crippen molar-refractivity contribution < 1.29 is 26.7 Å². The average Bonchev–Trinajstić information content (AvgIpc) is 2.75. The first kappa shape index (κ1) is 19.4. The number of rotatable bonds is 0. The Bertz CT molecular complexity index is 1220. The van der Waals surface area contributed by atoms with E-state index in [9.17, 15) is 17.6 Å².